The molecule has 0 bridgehead atoms. The molecule has 0 unspecified atom stereocenters. The van der Waals surface area contributed by atoms with Crippen molar-refractivity contribution in [3.63, 3.8) is 0 Å². The number of aryl methyl sites for hydroxylation is 2. The number of hydrogen-bond donors (Lipinski definition) is 1. The van der Waals surface area contributed by atoms with Gasteiger partial charge in [-0.15, -0.1) is 0 Å². The predicted molar refractivity (Wildman–Crippen MR) is 134 cm³/mol. The average Bonchev–Trinajstić information content (AvgIpc) is 3.22. The van der Waals surface area contributed by atoms with Crippen LogP contribution in [0.4, 0.5) is 5.69 Å². The lowest BCUT2D eigenvalue weighted by atomic mass is 9.91. The number of benzene rings is 1. The fourth-order valence-electron chi connectivity index (χ4n) is 5.17. The van der Waals surface area contributed by atoms with E-state index in [0.717, 1.165) is 36.8 Å². The van der Waals surface area contributed by atoms with E-state index in [0.29, 0.717) is 5.69 Å². The summed E-state index contributed by atoms with van der Waals surface area (Å²) >= 11 is 0. The topological polar surface area (TPSA) is 93.5 Å². The van der Waals surface area contributed by atoms with E-state index in [2.05, 4.69) is 10.4 Å². The van der Waals surface area contributed by atoms with E-state index >= 15 is 0 Å². The van der Waals surface area contributed by atoms with Gasteiger partial charge in [0.25, 0.3) is 5.91 Å². The van der Waals surface area contributed by atoms with Gasteiger partial charge in [0, 0.05) is 17.8 Å². The van der Waals surface area contributed by atoms with Crippen LogP contribution in [-0.2, 0) is 16.1 Å². The van der Waals surface area contributed by atoms with Crippen molar-refractivity contribution >= 4 is 23.5 Å². The number of ether oxygens (including phenoxy) is 1. The van der Waals surface area contributed by atoms with Crippen molar-refractivity contribution in [3.8, 4) is 0 Å². The first-order chi connectivity index (χ1) is 16.7. The number of aromatic nitrogens is 2. The fraction of sp³-hybridized carbons (Fsp3) is 0.556. The van der Waals surface area contributed by atoms with Crippen LogP contribution in [0, 0.1) is 13.8 Å². The smallest absolute Gasteiger partial charge is 0.358 e. The van der Waals surface area contributed by atoms with Crippen molar-refractivity contribution in [2.75, 3.05) is 11.5 Å². The van der Waals surface area contributed by atoms with Crippen LogP contribution in [0.25, 0.3) is 0 Å². The molecule has 1 aromatic carbocycles. The molecule has 0 spiro atoms. The first-order valence-electron chi connectivity index (χ1n) is 12.7. The third-order valence-corrected chi connectivity index (χ3v) is 7.17. The lowest BCUT2D eigenvalue weighted by Crippen LogP contribution is -2.65. The molecule has 2 heterocycles. The lowest BCUT2D eigenvalue weighted by Gasteiger charge is -2.44. The van der Waals surface area contributed by atoms with Crippen LogP contribution < -0.4 is 10.2 Å². The van der Waals surface area contributed by atoms with Crippen LogP contribution in [0.1, 0.15) is 90.9 Å². The number of fused-ring (bicyclic) bond motifs is 1. The number of anilines is 1. The molecule has 1 N–H and O–H groups in total. The molecule has 0 radical (unpaired) electrons. The minimum atomic E-state index is -1.22. The van der Waals surface area contributed by atoms with E-state index in [1.807, 2.05) is 32.0 Å². The van der Waals surface area contributed by atoms with Crippen molar-refractivity contribution in [2.24, 2.45) is 0 Å². The zero-order chi connectivity index (χ0) is 25.2. The van der Waals surface area contributed by atoms with Crippen molar-refractivity contribution < 1.29 is 19.1 Å². The number of esters is 1. The zero-order valence-electron chi connectivity index (χ0n) is 21.2. The maximum atomic E-state index is 13.9. The minimum absolute atomic E-state index is 0.0702. The SMILES string of the molecule is CCOC(=O)c1cc2n(n1)C[C@@](C)(C(=O)NC1CCCCCCC1)N(c1cc(C)ccc1C)C2=O. The van der Waals surface area contributed by atoms with Gasteiger partial charge in [-0.25, -0.2) is 4.79 Å². The Morgan fingerprint density at radius 1 is 1.11 bits per heavy atom. The highest BCUT2D eigenvalue weighted by Gasteiger charge is 2.50. The number of nitrogens with one attached hydrogen (secondary N) is 1. The highest BCUT2D eigenvalue weighted by Crippen LogP contribution is 2.35. The normalized spacial score (nSPS) is 21.1. The van der Waals surface area contributed by atoms with Gasteiger partial charge in [0.2, 0.25) is 5.91 Å². The van der Waals surface area contributed by atoms with Crippen molar-refractivity contribution in [1.29, 1.82) is 0 Å². The van der Waals surface area contributed by atoms with Crippen LogP contribution in [0.15, 0.2) is 24.3 Å². The van der Waals surface area contributed by atoms with Crippen LogP contribution in [0.2, 0.25) is 0 Å². The number of nitrogens with zero attached hydrogens (tertiary/aromatic N) is 3. The summed E-state index contributed by atoms with van der Waals surface area (Å²) in [7, 11) is 0. The Morgan fingerprint density at radius 2 is 1.80 bits per heavy atom. The molecule has 1 atom stereocenters. The second-order valence-corrected chi connectivity index (χ2v) is 10.0. The minimum Gasteiger partial charge on any atom is -0.461 e. The molecule has 2 aliphatic rings. The molecule has 2 aromatic rings. The molecule has 8 heteroatoms. The van der Waals surface area contributed by atoms with Crippen molar-refractivity contribution in [1.82, 2.24) is 15.1 Å². The van der Waals surface area contributed by atoms with Crippen molar-refractivity contribution in [2.45, 2.75) is 90.8 Å². The van der Waals surface area contributed by atoms with E-state index in [9.17, 15) is 14.4 Å². The zero-order valence-corrected chi connectivity index (χ0v) is 21.2. The second-order valence-electron chi connectivity index (χ2n) is 10.0. The molecule has 8 nitrogen and oxygen atoms in total. The number of carbonyl (C=O) groups excluding carboxylic acids is 3. The Bertz CT molecular complexity index is 1120. The number of carbonyl (C=O) groups is 3. The molecule has 35 heavy (non-hydrogen) atoms. The van der Waals surface area contributed by atoms with E-state index in [1.54, 1.807) is 18.7 Å². The number of amides is 2. The molecule has 1 saturated carbocycles. The summed E-state index contributed by atoms with van der Waals surface area (Å²) in [6.45, 7) is 7.76. The quantitative estimate of drug-likeness (QED) is 0.643. The molecule has 1 aromatic heterocycles. The van der Waals surface area contributed by atoms with E-state index in [1.165, 1.54) is 30.0 Å². The van der Waals surface area contributed by atoms with Crippen molar-refractivity contribution in [3.05, 3.63) is 46.8 Å². The van der Waals surface area contributed by atoms with Gasteiger partial charge in [-0.2, -0.15) is 5.10 Å². The van der Waals surface area contributed by atoms with E-state index < -0.39 is 11.5 Å². The first kappa shape index (κ1) is 24.9. The summed E-state index contributed by atoms with van der Waals surface area (Å²) in [6, 6.07) is 7.44. The largest absolute Gasteiger partial charge is 0.461 e. The summed E-state index contributed by atoms with van der Waals surface area (Å²) in [6.07, 6.45) is 7.69. The van der Waals surface area contributed by atoms with Gasteiger partial charge < -0.3 is 10.1 Å². The predicted octanol–water partition coefficient (Wildman–Crippen LogP) is 4.32. The Hall–Kier alpha value is -3.16. The summed E-state index contributed by atoms with van der Waals surface area (Å²) in [5.74, 6) is -1.14. The third kappa shape index (κ3) is 4.97. The summed E-state index contributed by atoms with van der Waals surface area (Å²) in [5.41, 5.74) is 1.70. The van der Waals surface area contributed by atoms with Gasteiger partial charge in [-0.1, -0.05) is 44.2 Å². The Labute approximate surface area is 207 Å². The van der Waals surface area contributed by atoms with E-state index in [-0.39, 0.29) is 42.4 Å². The molecule has 4 rings (SSSR count). The third-order valence-electron chi connectivity index (χ3n) is 7.17. The van der Waals surface area contributed by atoms with Gasteiger partial charge in [0.05, 0.1) is 13.2 Å². The molecule has 188 valence electrons. The highest BCUT2D eigenvalue weighted by atomic mass is 16.5. The van der Waals surface area contributed by atoms with Gasteiger partial charge in [-0.3, -0.25) is 19.2 Å². The first-order valence-corrected chi connectivity index (χ1v) is 12.7. The Morgan fingerprint density at radius 3 is 2.49 bits per heavy atom. The van der Waals surface area contributed by atoms with Gasteiger partial charge in [0.15, 0.2) is 5.69 Å². The standard InChI is InChI=1S/C27H36N4O4/c1-5-35-25(33)21-16-23-24(32)31(22-15-18(2)13-14-19(22)3)27(4,17-30(23)29-21)26(34)28-20-11-9-7-6-8-10-12-20/h13-16,20H,5-12,17H2,1-4H3,(H,28,34)/t27-/m0/s1. The molecular weight excluding hydrogens is 444 g/mol. The Balaban J connectivity index is 1.74. The Kier molecular flexibility index (Phi) is 7.28. The second kappa shape index (κ2) is 10.2. The monoisotopic (exact) mass is 480 g/mol. The van der Waals surface area contributed by atoms with Gasteiger partial charge >= 0.3 is 5.97 Å². The van der Waals surface area contributed by atoms with Gasteiger partial charge in [-0.05, 0) is 57.7 Å². The number of hydrogen-bond acceptors (Lipinski definition) is 5. The molecule has 1 aliphatic heterocycles. The highest BCUT2D eigenvalue weighted by molar-refractivity contribution is 6.12. The van der Waals surface area contributed by atoms with E-state index in [4.69, 9.17) is 4.74 Å². The summed E-state index contributed by atoms with van der Waals surface area (Å²) in [4.78, 5) is 41.8. The molecule has 2 amide bonds. The molecule has 1 aliphatic carbocycles. The van der Waals surface area contributed by atoms with Crippen LogP contribution >= 0.6 is 0 Å². The molecule has 1 fully saturated rings. The maximum absolute atomic E-state index is 13.9. The number of rotatable bonds is 5. The average molecular weight is 481 g/mol. The van der Waals surface area contributed by atoms with Crippen LogP contribution in [-0.4, -0.2) is 45.8 Å². The van der Waals surface area contributed by atoms with Crippen LogP contribution in [0.3, 0.4) is 0 Å². The maximum Gasteiger partial charge on any atom is 0.358 e. The molecule has 0 saturated heterocycles. The summed E-state index contributed by atoms with van der Waals surface area (Å²) in [5, 5.41) is 7.62. The fourth-order valence-corrected chi connectivity index (χ4v) is 5.17. The summed E-state index contributed by atoms with van der Waals surface area (Å²) < 4.78 is 6.57. The lowest BCUT2D eigenvalue weighted by molar-refractivity contribution is -0.127. The van der Waals surface area contributed by atoms with Crippen LogP contribution in [0.5, 0.6) is 0 Å². The van der Waals surface area contributed by atoms with Gasteiger partial charge in [0.1, 0.15) is 11.2 Å². The molecular formula is C27H36N4O4.